The number of ether oxygens (including phenoxy) is 1. The predicted octanol–water partition coefficient (Wildman–Crippen LogP) is 1.20. The summed E-state index contributed by atoms with van der Waals surface area (Å²) in [6.45, 7) is 5.43. The minimum absolute atomic E-state index is 0.111. The van der Waals surface area contributed by atoms with Gasteiger partial charge in [0.25, 0.3) is 0 Å². The van der Waals surface area contributed by atoms with Gasteiger partial charge >= 0.3 is 6.09 Å². The van der Waals surface area contributed by atoms with Gasteiger partial charge < -0.3 is 15.2 Å². The van der Waals surface area contributed by atoms with Gasteiger partial charge in [-0.3, -0.25) is 0 Å². The zero-order valence-electron chi connectivity index (χ0n) is 8.78. The van der Waals surface area contributed by atoms with Crippen LogP contribution in [0.5, 0.6) is 0 Å². The molecule has 0 spiro atoms. The fourth-order valence-electron chi connectivity index (χ4n) is 1.25. The van der Waals surface area contributed by atoms with Gasteiger partial charge in [-0.1, -0.05) is 12.2 Å². The maximum atomic E-state index is 11.3. The molecule has 1 amide bonds. The molecule has 0 saturated carbocycles. The number of carbonyl (C=O) groups excluding carboxylic acids is 1. The number of nitrogens with one attached hydrogen (secondary N) is 1. The van der Waals surface area contributed by atoms with Crippen molar-refractivity contribution in [3.8, 4) is 0 Å². The number of hydrogen-bond donors (Lipinski definition) is 2. The Hall–Kier alpha value is -1.03. The Kier molecular flexibility index (Phi) is 3.16. The van der Waals surface area contributed by atoms with Gasteiger partial charge in [0.2, 0.25) is 0 Å². The van der Waals surface area contributed by atoms with Crippen molar-refractivity contribution in [2.24, 2.45) is 0 Å². The molecule has 0 saturated heterocycles. The van der Waals surface area contributed by atoms with Gasteiger partial charge in [-0.15, -0.1) is 0 Å². The average molecular weight is 199 g/mol. The third-order valence-electron chi connectivity index (χ3n) is 1.76. The summed E-state index contributed by atoms with van der Waals surface area (Å²) in [5.41, 5.74) is -0.481. The Morgan fingerprint density at radius 2 is 2.14 bits per heavy atom. The van der Waals surface area contributed by atoms with Crippen molar-refractivity contribution in [3.63, 3.8) is 0 Å². The molecule has 2 atom stereocenters. The molecule has 14 heavy (non-hydrogen) atoms. The highest BCUT2D eigenvalue weighted by molar-refractivity contribution is 5.68. The predicted molar refractivity (Wildman–Crippen MR) is 52.9 cm³/mol. The van der Waals surface area contributed by atoms with Gasteiger partial charge in [-0.05, 0) is 20.8 Å². The maximum Gasteiger partial charge on any atom is 0.408 e. The van der Waals surface area contributed by atoms with E-state index in [1.165, 1.54) is 0 Å². The SMILES string of the molecule is CC(C)(C)OC(=O)NC1C=C[C@H](O)C1. The zero-order chi connectivity index (χ0) is 10.8. The molecule has 2 N–H and O–H groups in total. The first-order valence-electron chi connectivity index (χ1n) is 4.73. The first kappa shape index (κ1) is 11.0. The molecule has 0 bridgehead atoms. The zero-order valence-corrected chi connectivity index (χ0v) is 8.78. The van der Waals surface area contributed by atoms with Crippen LogP contribution in [0.2, 0.25) is 0 Å². The van der Waals surface area contributed by atoms with E-state index >= 15 is 0 Å². The topological polar surface area (TPSA) is 58.6 Å². The lowest BCUT2D eigenvalue weighted by Gasteiger charge is -2.21. The van der Waals surface area contributed by atoms with Crippen molar-refractivity contribution in [2.75, 3.05) is 0 Å². The lowest BCUT2D eigenvalue weighted by atomic mass is 10.2. The van der Waals surface area contributed by atoms with Gasteiger partial charge in [0.15, 0.2) is 0 Å². The van der Waals surface area contributed by atoms with Gasteiger partial charge in [0.1, 0.15) is 5.60 Å². The quantitative estimate of drug-likeness (QED) is 0.624. The standard InChI is InChI=1S/C10H17NO3/c1-10(2,3)14-9(13)11-7-4-5-8(12)6-7/h4-5,7-8,12H,6H2,1-3H3,(H,11,13)/t7?,8-/m0/s1. The average Bonchev–Trinajstić information content (AvgIpc) is 2.30. The summed E-state index contributed by atoms with van der Waals surface area (Å²) in [5.74, 6) is 0. The molecule has 1 unspecified atom stereocenters. The van der Waals surface area contributed by atoms with Gasteiger partial charge in [-0.25, -0.2) is 4.79 Å². The van der Waals surface area contributed by atoms with Crippen LogP contribution in [-0.2, 0) is 4.74 Å². The first-order chi connectivity index (χ1) is 6.37. The molecular weight excluding hydrogens is 182 g/mol. The molecule has 0 fully saturated rings. The fraction of sp³-hybridized carbons (Fsp3) is 0.700. The van der Waals surface area contributed by atoms with Crippen molar-refractivity contribution >= 4 is 6.09 Å². The molecule has 0 aromatic rings. The number of carbonyl (C=O) groups is 1. The Morgan fingerprint density at radius 1 is 1.50 bits per heavy atom. The highest BCUT2D eigenvalue weighted by Crippen LogP contribution is 2.12. The normalized spacial score (nSPS) is 26.3. The van der Waals surface area contributed by atoms with E-state index in [9.17, 15) is 4.79 Å². The number of rotatable bonds is 1. The largest absolute Gasteiger partial charge is 0.444 e. The van der Waals surface area contributed by atoms with Gasteiger partial charge in [-0.2, -0.15) is 0 Å². The third kappa shape index (κ3) is 3.79. The van der Waals surface area contributed by atoms with E-state index in [4.69, 9.17) is 9.84 Å². The van der Waals surface area contributed by atoms with Crippen LogP contribution in [0.3, 0.4) is 0 Å². The molecule has 0 aliphatic heterocycles. The smallest absolute Gasteiger partial charge is 0.408 e. The van der Waals surface area contributed by atoms with E-state index in [1.54, 1.807) is 12.2 Å². The minimum Gasteiger partial charge on any atom is -0.444 e. The molecule has 4 heteroatoms. The van der Waals surface area contributed by atoms with Crippen LogP contribution in [-0.4, -0.2) is 28.9 Å². The van der Waals surface area contributed by atoms with Crippen molar-refractivity contribution in [3.05, 3.63) is 12.2 Å². The summed E-state index contributed by atoms with van der Waals surface area (Å²) in [5, 5.41) is 11.8. The second-order valence-corrected chi connectivity index (χ2v) is 4.44. The summed E-state index contributed by atoms with van der Waals surface area (Å²) >= 11 is 0. The van der Waals surface area contributed by atoms with Crippen LogP contribution in [0.25, 0.3) is 0 Å². The molecule has 0 aromatic heterocycles. The second-order valence-electron chi connectivity index (χ2n) is 4.44. The van der Waals surface area contributed by atoms with Crippen LogP contribution < -0.4 is 5.32 Å². The van der Waals surface area contributed by atoms with E-state index in [-0.39, 0.29) is 6.04 Å². The number of hydrogen-bond acceptors (Lipinski definition) is 3. The monoisotopic (exact) mass is 199 g/mol. The molecule has 1 aliphatic rings. The first-order valence-corrected chi connectivity index (χ1v) is 4.73. The van der Waals surface area contributed by atoms with E-state index in [0.29, 0.717) is 6.42 Å². The molecular formula is C10H17NO3. The van der Waals surface area contributed by atoms with Gasteiger partial charge in [0.05, 0.1) is 12.1 Å². The number of amides is 1. The molecule has 80 valence electrons. The molecule has 1 aliphatic carbocycles. The highest BCUT2D eigenvalue weighted by Gasteiger charge is 2.21. The van der Waals surface area contributed by atoms with Crippen molar-refractivity contribution < 1.29 is 14.6 Å². The van der Waals surface area contributed by atoms with Crippen LogP contribution in [0.4, 0.5) is 4.79 Å². The molecule has 0 heterocycles. The van der Waals surface area contributed by atoms with E-state index in [1.807, 2.05) is 20.8 Å². The number of aliphatic hydroxyl groups is 1. The summed E-state index contributed by atoms with van der Waals surface area (Å²) in [7, 11) is 0. The Labute approximate surface area is 83.9 Å². The van der Waals surface area contributed by atoms with Crippen molar-refractivity contribution in [2.45, 2.75) is 44.9 Å². The highest BCUT2D eigenvalue weighted by atomic mass is 16.6. The second kappa shape index (κ2) is 4.00. The molecule has 0 radical (unpaired) electrons. The van der Waals surface area contributed by atoms with Gasteiger partial charge in [0, 0.05) is 6.42 Å². The minimum atomic E-state index is -0.481. The van der Waals surface area contributed by atoms with Crippen molar-refractivity contribution in [1.82, 2.24) is 5.32 Å². The van der Waals surface area contributed by atoms with Crippen LogP contribution in [0, 0.1) is 0 Å². The molecule has 4 nitrogen and oxygen atoms in total. The number of aliphatic hydroxyl groups excluding tert-OH is 1. The van der Waals surface area contributed by atoms with Crippen molar-refractivity contribution in [1.29, 1.82) is 0 Å². The Bertz CT molecular complexity index is 242. The Balaban J connectivity index is 2.32. The van der Waals surface area contributed by atoms with E-state index in [0.717, 1.165) is 0 Å². The summed E-state index contributed by atoms with van der Waals surface area (Å²) in [6, 6.07) is -0.111. The van der Waals surface area contributed by atoms with Crippen LogP contribution >= 0.6 is 0 Å². The third-order valence-corrected chi connectivity index (χ3v) is 1.76. The number of alkyl carbamates (subject to hydrolysis) is 1. The lowest BCUT2D eigenvalue weighted by Crippen LogP contribution is -2.38. The van der Waals surface area contributed by atoms with E-state index < -0.39 is 17.8 Å². The Morgan fingerprint density at radius 3 is 2.57 bits per heavy atom. The fourth-order valence-corrected chi connectivity index (χ4v) is 1.25. The summed E-state index contributed by atoms with van der Waals surface area (Å²) < 4.78 is 5.07. The lowest BCUT2D eigenvalue weighted by molar-refractivity contribution is 0.0509. The molecule has 1 rings (SSSR count). The summed E-state index contributed by atoms with van der Waals surface area (Å²) in [4.78, 5) is 11.3. The van der Waals surface area contributed by atoms with E-state index in [2.05, 4.69) is 5.32 Å². The molecule has 0 aromatic carbocycles. The summed E-state index contributed by atoms with van der Waals surface area (Å²) in [6.07, 6.45) is 3.08. The maximum absolute atomic E-state index is 11.3. The van der Waals surface area contributed by atoms with Crippen LogP contribution in [0.1, 0.15) is 27.2 Å². The van der Waals surface area contributed by atoms with Crippen LogP contribution in [0.15, 0.2) is 12.2 Å².